The van der Waals surface area contributed by atoms with Crippen LogP contribution in [0, 0.1) is 5.92 Å². The molecule has 2 fully saturated rings. The Labute approximate surface area is 141 Å². The number of hydrogen-bond acceptors (Lipinski definition) is 2. The Morgan fingerprint density at radius 3 is 2.59 bits per heavy atom. The fraction of sp³-hybridized carbons (Fsp3) is 0.611. The maximum atomic E-state index is 12.5. The molecule has 1 aliphatic heterocycles. The number of carbonyl (C=O) groups is 1. The highest BCUT2D eigenvalue weighted by atomic mass is 79.9. The standard InChI is InChI=1S/C18H25BrN2O/c19-16-9-7-14(8-10-16)12-21-11-3-4-15(13-21)18(22)20-17-5-1-2-6-17/h7-10,15,17H,1-6,11-13H2,(H,20,22). The van der Waals surface area contributed by atoms with Crippen LogP contribution in [0.2, 0.25) is 0 Å². The van der Waals surface area contributed by atoms with Gasteiger partial charge in [0.25, 0.3) is 0 Å². The van der Waals surface area contributed by atoms with Crippen molar-refractivity contribution in [1.82, 2.24) is 10.2 Å². The number of carbonyl (C=O) groups excluding carboxylic acids is 1. The number of halogens is 1. The Kier molecular flexibility index (Phi) is 5.53. The molecule has 1 aromatic carbocycles. The van der Waals surface area contributed by atoms with Gasteiger partial charge in [-0.1, -0.05) is 40.9 Å². The molecular weight excluding hydrogens is 340 g/mol. The van der Waals surface area contributed by atoms with E-state index in [-0.39, 0.29) is 11.8 Å². The topological polar surface area (TPSA) is 32.3 Å². The van der Waals surface area contributed by atoms with Gasteiger partial charge in [0.05, 0.1) is 5.92 Å². The zero-order chi connectivity index (χ0) is 15.4. The molecule has 1 N–H and O–H groups in total. The van der Waals surface area contributed by atoms with Crippen molar-refractivity contribution in [3.63, 3.8) is 0 Å². The highest BCUT2D eigenvalue weighted by Gasteiger charge is 2.27. The van der Waals surface area contributed by atoms with Crippen molar-refractivity contribution in [2.24, 2.45) is 5.92 Å². The summed E-state index contributed by atoms with van der Waals surface area (Å²) in [7, 11) is 0. The minimum absolute atomic E-state index is 0.171. The van der Waals surface area contributed by atoms with Gasteiger partial charge in [0.2, 0.25) is 5.91 Å². The molecule has 120 valence electrons. The fourth-order valence-electron chi connectivity index (χ4n) is 3.65. The molecule has 1 saturated heterocycles. The van der Waals surface area contributed by atoms with Crippen molar-refractivity contribution < 1.29 is 4.79 Å². The van der Waals surface area contributed by atoms with Gasteiger partial charge in [-0.25, -0.2) is 0 Å². The molecule has 2 aliphatic rings. The normalized spacial score (nSPS) is 23.6. The van der Waals surface area contributed by atoms with Gasteiger partial charge in [0.1, 0.15) is 0 Å². The molecule has 3 rings (SSSR count). The van der Waals surface area contributed by atoms with Crippen LogP contribution in [-0.2, 0) is 11.3 Å². The van der Waals surface area contributed by atoms with Gasteiger partial charge in [0.15, 0.2) is 0 Å². The van der Waals surface area contributed by atoms with Gasteiger partial charge >= 0.3 is 0 Å². The maximum Gasteiger partial charge on any atom is 0.224 e. The van der Waals surface area contributed by atoms with E-state index in [0.29, 0.717) is 6.04 Å². The zero-order valence-corrected chi connectivity index (χ0v) is 14.6. The summed E-state index contributed by atoms with van der Waals surface area (Å²) in [6.07, 6.45) is 7.04. The van der Waals surface area contributed by atoms with Gasteiger partial charge in [0, 0.05) is 23.6 Å². The number of nitrogens with one attached hydrogen (secondary N) is 1. The maximum absolute atomic E-state index is 12.5. The van der Waals surface area contributed by atoms with Crippen LogP contribution in [0.4, 0.5) is 0 Å². The summed E-state index contributed by atoms with van der Waals surface area (Å²) < 4.78 is 1.11. The van der Waals surface area contributed by atoms with Crippen molar-refractivity contribution in [1.29, 1.82) is 0 Å². The predicted molar refractivity (Wildman–Crippen MR) is 92.5 cm³/mol. The Hall–Kier alpha value is -0.870. The minimum atomic E-state index is 0.171. The summed E-state index contributed by atoms with van der Waals surface area (Å²) in [5, 5.41) is 3.27. The zero-order valence-electron chi connectivity index (χ0n) is 13.1. The number of likely N-dealkylation sites (tertiary alicyclic amines) is 1. The summed E-state index contributed by atoms with van der Waals surface area (Å²) in [5.74, 6) is 0.456. The molecule has 22 heavy (non-hydrogen) atoms. The summed E-state index contributed by atoms with van der Waals surface area (Å²) in [4.78, 5) is 14.9. The first-order chi connectivity index (χ1) is 10.7. The molecule has 1 aromatic rings. The first kappa shape index (κ1) is 16.0. The van der Waals surface area contributed by atoms with Crippen molar-refractivity contribution in [2.45, 2.75) is 51.1 Å². The lowest BCUT2D eigenvalue weighted by Gasteiger charge is -2.32. The van der Waals surface area contributed by atoms with Crippen LogP contribution in [0.3, 0.4) is 0 Å². The largest absolute Gasteiger partial charge is 0.353 e. The summed E-state index contributed by atoms with van der Waals surface area (Å²) in [6.45, 7) is 2.94. The first-order valence-corrected chi connectivity index (χ1v) is 9.27. The molecule has 3 nitrogen and oxygen atoms in total. The summed E-state index contributed by atoms with van der Waals surface area (Å²) in [5.41, 5.74) is 1.32. The smallest absolute Gasteiger partial charge is 0.224 e. The molecule has 1 atom stereocenters. The van der Waals surface area contributed by atoms with E-state index in [0.717, 1.165) is 36.9 Å². The third-order valence-corrected chi connectivity index (χ3v) is 5.43. The molecule has 1 amide bonds. The second-order valence-corrected chi connectivity index (χ2v) is 7.61. The van der Waals surface area contributed by atoms with E-state index in [2.05, 4.69) is 50.4 Å². The number of amides is 1. The number of rotatable bonds is 4. The van der Waals surface area contributed by atoms with Crippen LogP contribution in [0.25, 0.3) is 0 Å². The Morgan fingerprint density at radius 1 is 1.14 bits per heavy atom. The van der Waals surface area contributed by atoms with E-state index in [1.807, 2.05) is 0 Å². The van der Waals surface area contributed by atoms with Crippen LogP contribution in [-0.4, -0.2) is 29.9 Å². The molecule has 4 heteroatoms. The second kappa shape index (κ2) is 7.60. The average Bonchev–Trinajstić information content (AvgIpc) is 3.03. The SMILES string of the molecule is O=C(NC1CCCC1)C1CCCN(Cc2ccc(Br)cc2)C1. The summed E-state index contributed by atoms with van der Waals surface area (Å²) in [6, 6.07) is 8.93. The Morgan fingerprint density at radius 2 is 1.86 bits per heavy atom. The lowest BCUT2D eigenvalue weighted by Crippen LogP contribution is -2.45. The molecule has 1 saturated carbocycles. The van der Waals surface area contributed by atoms with Crippen LogP contribution in [0.1, 0.15) is 44.1 Å². The molecule has 1 unspecified atom stereocenters. The molecule has 0 radical (unpaired) electrons. The lowest BCUT2D eigenvalue weighted by molar-refractivity contribution is -0.127. The summed E-state index contributed by atoms with van der Waals surface area (Å²) >= 11 is 3.47. The Balaban J connectivity index is 1.52. The van der Waals surface area contributed by atoms with Gasteiger partial charge < -0.3 is 5.32 Å². The van der Waals surface area contributed by atoms with Gasteiger partial charge in [-0.05, 0) is 49.9 Å². The van der Waals surface area contributed by atoms with E-state index in [1.54, 1.807) is 0 Å². The second-order valence-electron chi connectivity index (χ2n) is 6.69. The average molecular weight is 365 g/mol. The van der Waals surface area contributed by atoms with E-state index in [9.17, 15) is 4.79 Å². The third kappa shape index (κ3) is 4.32. The molecule has 0 bridgehead atoms. The number of piperidine rings is 1. The number of hydrogen-bond donors (Lipinski definition) is 1. The fourth-order valence-corrected chi connectivity index (χ4v) is 3.91. The van der Waals surface area contributed by atoms with Crippen molar-refractivity contribution in [3.8, 4) is 0 Å². The van der Waals surface area contributed by atoms with Crippen molar-refractivity contribution in [3.05, 3.63) is 34.3 Å². The molecule has 0 aromatic heterocycles. The molecule has 1 aliphatic carbocycles. The highest BCUT2D eigenvalue weighted by Crippen LogP contribution is 2.22. The highest BCUT2D eigenvalue weighted by molar-refractivity contribution is 9.10. The molecule has 1 heterocycles. The minimum Gasteiger partial charge on any atom is -0.353 e. The van der Waals surface area contributed by atoms with E-state index in [1.165, 1.54) is 31.2 Å². The molecule has 0 spiro atoms. The van der Waals surface area contributed by atoms with Crippen molar-refractivity contribution in [2.75, 3.05) is 13.1 Å². The van der Waals surface area contributed by atoms with E-state index < -0.39 is 0 Å². The lowest BCUT2D eigenvalue weighted by atomic mass is 9.96. The third-order valence-electron chi connectivity index (χ3n) is 4.90. The van der Waals surface area contributed by atoms with Gasteiger partial charge in [-0.3, -0.25) is 9.69 Å². The van der Waals surface area contributed by atoms with Crippen LogP contribution in [0.5, 0.6) is 0 Å². The van der Waals surface area contributed by atoms with Gasteiger partial charge in [-0.2, -0.15) is 0 Å². The van der Waals surface area contributed by atoms with E-state index >= 15 is 0 Å². The van der Waals surface area contributed by atoms with Crippen LogP contribution in [0.15, 0.2) is 28.7 Å². The monoisotopic (exact) mass is 364 g/mol. The number of benzene rings is 1. The van der Waals surface area contributed by atoms with Gasteiger partial charge in [-0.15, -0.1) is 0 Å². The first-order valence-electron chi connectivity index (χ1n) is 8.48. The number of nitrogens with zero attached hydrogens (tertiary/aromatic N) is 1. The van der Waals surface area contributed by atoms with Crippen LogP contribution >= 0.6 is 15.9 Å². The van der Waals surface area contributed by atoms with E-state index in [4.69, 9.17) is 0 Å². The molecular formula is C18H25BrN2O. The predicted octanol–water partition coefficient (Wildman–Crippen LogP) is 3.72. The quantitative estimate of drug-likeness (QED) is 0.882. The van der Waals surface area contributed by atoms with Crippen LogP contribution < -0.4 is 5.32 Å². The Bertz CT molecular complexity index is 496. The van der Waals surface area contributed by atoms with Crippen molar-refractivity contribution >= 4 is 21.8 Å².